The van der Waals surface area contributed by atoms with Crippen LogP contribution in [0.3, 0.4) is 0 Å². The van der Waals surface area contributed by atoms with E-state index < -0.39 is 22.6 Å². The predicted octanol–water partition coefficient (Wildman–Crippen LogP) is 1.13. The molecule has 94 valence electrons. The molecule has 0 saturated heterocycles. The predicted molar refractivity (Wildman–Crippen MR) is 62.9 cm³/mol. The number of carbonyl (C=O) groups excluding carboxylic acids is 2. The first-order valence-corrected chi connectivity index (χ1v) is 4.95. The maximum absolute atomic E-state index is 11.7. The summed E-state index contributed by atoms with van der Waals surface area (Å²) in [6.45, 7) is 6.35. The Kier molecular flexibility index (Phi) is 3.88. The smallest absolute Gasteiger partial charge is 0.358 e. The van der Waals surface area contributed by atoms with Gasteiger partial charge in [-0.1, -0.05) is 6.58 Å². The summed E-state index contributed by atoms with van der Waals surface area (Å²) in [5.41, 5.74) is 0.490. The summed E-state index contributed by atoms with van der Waals surface area (Å²) in [5, 5.41) is 12.6. The summed E-state index contributed by atoms with van der Waals surface area (Å²) in [4.78, 5) is 36.4. The van der Waals surface area contributed by atoms with Gasteiger partial charge in [-0.3, -0.25) is 14.9 Å². The highest BCUT2D eigenvalue weighted by molar-refractivity contribution is 6.09. The average molecular weight is 249 g/mol. The number of nitro groups is 1. The van der Waals surface area contributed by atoms with Crippen LogP contribution < -0.4 is 5.32 Å². The molecule has 0 spiro atoms. The van der Waals surface area contributed by atoms with Crippen molar-refractivity contribution in [3.63, 3.8) is 0 Å². The van der Waals surface area contributed by atoms with E-state index in [1.807, 2.05) is 0 Å². The van der Waals surface area contributed by atoms with Crippen molar-refractivity contribution in [2.75, 3.05) is 0 Å². The van der Waals surface area contributed by atoms with Gasteiger partial charge in [-0.25, -0.2) is 0 Å². The van der Waals surface area contributed by atoms with E-state index in [0.29, 0.717) is 5.69 Å². The van der Waals surface area contributed by atoms with Gasteiger partial charge in [0.1, 0.15) is 0 Å². The molecular weight excluding hydrogens is 238 g/mol. The third-order valence-corrected chi connectivity index (χ3v) is 2.00. The summed E-state index contributed by atoms with van der Waals surface area (Å²) >= 11 is 0. The minimum absolute atomic E-state index is 0.00352. The third-order valence-electron chi connectivity index (χ3n) is 2.00. The zero-order valence-electron chi connectivity index (χ0n) is 9.89. The Bertz CT molecular complexity index is 551. The molecule has 1 aromatic heterocycles. The number of nitrogens with zero attached hydrogens (tertiary/aromatic N) is 2. The Morgan fingerprint density at radius 2 is 2.06 bits per heavy atom. The van der Waals surface area contributed by atoms with Crippen molar-refractivity contribution in [3.05, 3.63) is 45.7 Å². The van der Waals surface area contributed by atoms with Gasteiger partial charge in [-0.05, 0) is 22.9 Å². The lowest BCUT2D eigenvalue weighted by atomic mass is 10.2. The third kappa shape index (κ3) is 3.21. The fourth-order valence-electron chi connectivity index (χ4n) is 1.16. The Morgan fingerprint density at radius 1 is 1.44 bits per heavy atom. The molecular formula is C11H11N3O4. The lowest BCUT2D eigenvalue weighted by Crippen LogP contribution is -2.30. The number of rotatable bonds is 3. The number of aryl methyl sites for hydroxylation is 1. The first-order chi connectivity index (χ1) is 8.31. The fourth-order valence-corrected chi connectivity index (χ4v) is 1.16. The molecule has 0 aliphatic carbocycles. The van der Waals surface area contributed by atoms with Gasteiger partial charge in [0.2, 0.25) is 0 Å². The molecule has 1 N–H and O–H groups in total. The number of amides is 2. The second kappa shape index (κ2) is 5.17. The molecule has 0 aromatic carbocycles. The number of imide groups is 1. The summed E-state index contributed by atoms with van der Waals surface area (Å²) in [7, 11) is 0. The molecule has 0 fully saturated rings. The zero-order chi connectivity index (χ0) is 13.9. The number of hydrogen-bond donors (Lipinski definition) is 1. The van der Waals surface area contributed by atoms with Gasteiger partial charge in [0.15, 0.2) is 5.69 Å². The highest BCUT2D eigenvalue weighted by Gasteiger charge is 2.17. The maximum Gasteiger partial charge on any atom is 0.364 e. The lowest BCUT2D eigenvalue weighted by molar-refractivity contribution is -0.389. The Hall–Kier alpha value is -2.57. The van der Waals surface area contributed by atoms with Gasteiger partial charge in [0.05, 0.1) is 5.56 Å². The van der Waals surface area contributed by atoms with Crippen LogP contribution in [0.5, 0.6) is 0 Å². The molecule has 0 radical (unpaired) electrons. The Labute approximate surface area is 103 Å². The normalized spacial score (nSPS) is 9.67. The van der Waals surface area contributed by atoms with Gasteiger partial charge in [-0.2, -0.15) is 0 Å². The molecule has 7 heteroatoms. The van der Waals surface area contributed by atoms with Crippen LogP contribution in [0.2, 0.25) is 0 Å². The number of aromatic nitrogens is 1. The monoisotopic (exact) mass is 249 g/mol. The van der Waals surface area contributed by atoms with Crippen LogP contribution in [0.1, 0.15) is 23.0 Å². The van der Waals surface area contributed by atoms with E-state index in [1.54, 1.807) is 0 Å². The van der Waals surface area contributed by atoms with Gasteiger partial charge in [-0.15, -0.1) is 0 Å². The number of pyridine rings is 1. The summed E-state index contributed by atoms with van der Waals surface area (Å²) < 4.78 is 0. The number of hydrogen-bond acceptors (Lipinski definition) is 5. The summed E-state index contributed by atoms with van der Waals surface area (Å²) in [6, 6.07) is 2.36. The molecule has 0 aliphatic heterocycles. The summed E-state index contributed by atoms with van der Waals surface area (Å²) in [6.07, 6.45) is 0. The molecule has 2 amide bonds. The van der Waals surface area contributed by atoms with Crippen LogP contribution in [0.15, 0.2) is 24.3 Å². The quantitative estimate of drug-likeness (QED) is 0.491. The van der Waals surface area contributed by atoms with Crippen LogP contribution >= 0.6 is 0 Å². The lowest BCUT2D eigenvalue weighted by Gasteiger charge is -2.03. The number of nitrogens with one attached hydrogen (secondary N) is 1. The molecule has 0 bridgehead atoms. The van der Waals surface area contributed by atoms with Gasteiger partial charge < -0.3 is 10.1 Å². The van der Waals surface area contributed by atoms with Crippen LogP contribution in [-0.2, 0) is 4.79 Å². The molecule has 0 saturated carbocycles. The average Bonchev–Trinajstić information content (AvgIpc) is 2.27. The molecule has 7 nitrogen and oxygen atoms in total. The molecule has 0 aliphatic rings. The maximum atomic E-state index is 11.7. The molecule has 1 heterocycles. The highest BCUT2D eigenvalue weighted by Crippen LogP contribution is 2.12. The Morgan fingerprint density at radius 3 is 2.56 bits per heavy atom. The highest BCUT2D eigenvalue weighted by atomic mass is 16.6. The molecule has 0 unspecified atom stereocenters. The Balaban J connectivity index is 3.03. The van der Waals surface area contributed by atoms with Crippen molar-refractivity contribution in [2.45, 2.75) is 13.8 Å². The van der Waals surface area contributed by atoms with Gasteiger partial charge in [0.25, 0.3) is 11.8 Å². The minimum Gasteiger partial charge on any atom is -0.358 e. The first-order valence-electron chi connectivity index (χ1n) is 4.95. The first kappa shape index (κ1) is 13.5. The van der Waals surface area contributed by atoms with Crippen molar-refractivity contribution in [1.82, 2.24) is 10.3 Å². The van der Waals surface area contributed by atoms with Crippen molar-refractivity contribution in [2.24, 2.45) is 0 Å². The largest absolute Gasteiger partial charge is 0.364 e. The van der Waals surface area contributed by atoms with E-state index in [9.17, 15) is 19.7 Å². The second-order valence-corrected chi connectivity index (χ2v) is 3.68. The SMILES string of the molecule is C=C(C)C(=O)NC(=O)c1cc(C)nc([N+](=O)[O-])c1. The molecule has 1 rings (SSSR count). The topological polar surface area (TPSA) is 102 Å². The van der Waals surface area contributed by atoms with Crippen molar-refractivity contribution >= 4 is 17.6 Å². The van der Waals surface area contributed by atoms with E-state index in [-0.39, 0.29) is 11.1 Å². The standard InChI is InChI=1S/C11H11N3O4/c1-6(2)10(15)13-11(16)8-4-7(3)12-9(5-8)14(17)18/h4-5H,1H2,2-3H3,(H,13,15,16). The second-order valence-electron chi connectivity index (χ2n) is 3.68. The van der Waals surface area contributed by atoms with Crippen LogP contribution in [-0.4, -0.2) is 21.7 Å². The van der Waals surface area contributed by atoms with Crippen molar-refractivity contribution < 1.29 is 14.5 Å². The van der Waals surface area contributed by atoms with E-state index in [0.717, 1.165) is 6.07 Å². The molecule has 18 heavy (non-hydrogen) atoms. The van der Waals surface area contributed by atoms with Gasteiger partial charge in [0, 0.05) is 18.6 Å². The van der Waals surface area contributed by atoms with Crippen LogP contribution in [0.25, 0.3) is 0 Å². The molecule has 1 aromatic rings. The van der Waals surface area contributed by atoms with Crippen LogP contribution in [0, 0.1) is 17.0 Å². The van der Waals surface area contributed by atoms with Crippen molar-refractivity contribution in [1.29, 1.82) is 0 Å². The molecule has 0 atom stereocenters. The van der Waals surface area contributed by atoms with E-state index in [2.05, 4.69) is 16.9 Å². The fraction of sp³-hybridized carbons (Fsp3) is 0.182. The van der Waals surface area contributed by atoms with Crippen LogP contribution in [0.4, 0.5) is 5.82 Å². The van der Waals surface area contributed by atoms with E-state index in [4.69, 9.17) is 0 Å². The van der Waals surface area contributed by atoms with Gasteiger partial charge >= 0.3 is 5.82 Å². The van der Waals surface area contributed by atoms with Crippen molar-refractivity contribution in [3.8, 4) is 0 Å². The summed E-state index contributed by atoms with van der Waals surface area (Å²) in [5.74, 6) is -1.79. The zero-order valence-corrected chi connectivity index (χ0v) is 9.89. The minimum atomic E-state index is -0.725. The van der Waals surface area contributed by atoms with E-state index in [1.165, 1.54) is 19.9 Å². The van der Waals surface area contributed by atoms with E-state index >= 15 is 0 Å². The number of carbonyl (C=O) groups is 2.